The Morgan fingerprint density at radius 3 is 2.48 bits per heavy atom. The van der Waals surface area contributed by atoms with Gasteiger partial charge < -0.3 is 14.4 Å². The minimum Gasteiger partial charge on any atom is -0.368 e. The fourth-order valence-electron chi connectivity index (χ4n) is 3.94. The summed E-state index contributed by atoms with van der Waals surface area (Å²) in [6, 6.07) is 12.6. The minimum absolute atomic E-state index is 0.288. The van der Waals surface area contributed by atoms with Crippen molar-refractivity contribution >= 4 is 16.7 Å². The van der Waals surface area contributed by atoms with Gasteiger partial charge in [-0.2, -0.15) is 4.98 Å². The molecule has 3 heterocycles. The summed E-state index contributed by atoms with van der Waals surface area (Å²) in [6.45, 7) is 4.60. The summed E-state index contributed by atoms with van der Waals surface area (Å²) in [5.41, 5.74) is 4.33. The van der Waals surface area contributed by atoms with Crippen LogP contribution in [0.15, 0.2) is 59.6 Å². The Labute approximate surface area is 188 Å². The van der Waals surface area contributed by atoms with E-state index < -0.39 is 11.6 Å². The topological polar surface area (TPSA) is 81.7 Å². The number of fused-ring (bicyclic) bond motifs is 1. The molecule has 0 aliphatic carbocycles. The van der Waals surface area contributed by atoms with Crippen molar-refractivity contribution in [3.05, 3.63) is 78.0 Å². The molecule has 5 aromatic rings. The summed E-state index contributed by atoms with van der Waals surface area (Å²) in [5.74, 6) is -0.571. The molecule has 0 aliphatic rings. The van der Waals surface area contributed by atoms with Crippen LogP contribution in [-0.4, -0.2) is 31.2 Å². The van der Waals surface area contributed by atoms with E-state index in [0.717, 1.165) is 27.9 Å². The van der Waals surface area contributed by atoms with Gasteiger partial charge in [0.15, 0.2) is 18.0 Å². The first-order chi connectivity index (χ1) is 16.0. The van der Waals surface area contributed by atoms with E-state index in [9.17, 15) is 8.78 Å². The lowest BCUT2D eigenvalue weighted by Gasteiger charge is -2.12. The van der Waals surface area contributed by atoms with E-state index >= 15 is 0 Å². The maximum absolute atomic E-state index is 14.5. The summed E-state index contributed by atoms with van der Waals surface area (Å²) in [5, 5.41) is 7.59. The largest absolute Gasteiger partial charge is 0.368 e. The molecular weight excluding hydrogens is 426 g/mol. The van der Waals surface area contributed by atoms with Gasteiger partial charge >= 0.3 is 0 Å². The molecule has 2 aromatic carbocycles. The Bertz CT molecular complexity index is 1430. The van der Waals surface area contributed by atoms with Crippen LogP contribution in [-0.2, 0) is 6.54 Å². The van der Waals surface area contributed by atoms with Gasteiger partial charge in [-0.3, -0.25) is 0 Å². The van der Waals surface area contributed by atoms with Crippen LogP contribution < -0.4 is 5.32 Å². The van der Waals surface area contributed by atoms with Crippen molar-refractivity contribution in [3.63, 3.8) is 0 Å². The number of benzene rings is 2. The second-order valence-electron chi connectivity index (χ2n) is 7.73. The highest BCUT2D eigenvalue weighted by Crippen LogP contribution is 2.28. The fraction of sp³-hybridized carbons (Fsp3) is 0.167. The van der Waals surface area contributed by atoms with Crippen LogP contribution in [0.3, 0.4) is 0 Å². The van der Waals surface area contributed by atoms with Gasteiger partial charge in [-0.15, -0.1) is 0 Å². The van der Waals surface area contributed by atoms with Crippen molar-refractivity contribution in [2.45, 2.75) is 20.4 Å². The fourth-order valence-corrected chi connectivity index (χ4v) is 3.94. The first kappa shape index (κ1) is 20.7. The van der Waals surface area contributed by atoms with Crippen LogP contribution in [0.1, 0.15) is 11.3 Å². The van der Waals surface area contributed by atoms with E-state index in [1.165, 1.54) is 18.7 Å². The Balaban J connectivity index is 1.32. The number of nitrogens with one attached hydrogen (secondary N) is 1. The zero-order valence-electron chi connectivity index (χ0n) is 18.0. The molecule has 9 heteroatoms. The van der Waals surface area contributed by atoms with Gasteiger partial charge in [0.2, 0.25) is 0 Å². The molecule has 0 unspecified atom stereocenters. The van der Waals surface area contributed by atoms with E-state index in [1.54, 1.807) is 11.5 Å². The summed E-state index contributed by atoms with van der Waals surface area (Å²) in [7, 11) is 0. The number of hydrogen-bond acceptors (Lipinski definition) is 6. The van der Waals surface area contributed by atoms with Crippen molar-refractivity contribution < 1.29 is 13.3 Å². The van der Waals surface area contributed by atoms with Gasteiger partial charge in [-0.1, -0.05) is 17.3 Å². The van der Waals surface area contributed by atoms with Crippen molar-refractivity contribution in [1.29, 1.82) is 0 Å². The molecule has 1 N–H and O–H groups in total. The van der Waals surface area contributed by atoms with Crippen molar-refractivity contribution in [2.75, 3.05) is 11.9 Å². The molecule has 0 aliphatic heterocycles. The number of halogens is 2. The summed E-state index contributed by atoms with van der Waals surface area (Å²) in [4.78, 5) is 12.7. The second kappa shape index (κ2) is 8.42. The third kappa shape index (κ3) is 3.93. The number of aryl methyl sites for hydroxylation is 2. The highest BCUT2D eigenvalue weighted by molar-refractivity contribution is 5.85. The van der Waals surface area contributed by atoms with Gasteiger partial charge in [0.1, 0.15) is 12.1 Å². The lowest BCUT2D eigenvalue weighted by Crippen LogP contribution is -2.13. The molecule has 0 fully saturated rings. The second-order valence-corrected chi connectivity index (χ2v) is 7.73. The Hall–Kier alpha value is -4.14. The smallest absolute Gasteiger partial charge is 0.257 e. The highest BCUT2D eigenvalue weighted by Gasteiger charge is 2.16. The van der Waals surface area contributed by atoms with Crippen molar-refractivity contribution in [2.24, 2.45) is 0 Å². The summed E-state index contributed by atoms with van der Waals surface area (Å²) in [6.07, 6.45) is 2.84. The van der Waals surface area contributed by atoms with Gasteiger partial charge in [-0.25, -0.2) is 18.7 Å². The average molecular weight is 446 g/mol. The van der Waals surface area contributed by atoms with E-state index in [1.807, 2.05) is 43.3 Å². The zero-order chi connectivity index (χ0) is 22.9. The Kier molecular flexibility index (Phi) is 5.29. The van der Waals surface area contributed by atoms with Crippen LogP contribution >= 0.6 is 0 Å². The van der Waals surface area contributed by atoms with E-state index in [2.05, 4.69) is 25.4 Å². The first-order valence-electron chi connectivity index (χ1n) is 10.4. The van der Waals surface area contributed by atoms with Gasteiger partial charge in [0.25, 0.3) is 5.89 Å². The average Bonchev–Trinajstić information content (AvgIpc) is 3.47. The molecule has 33 heavy (non-hydrogen) atoms. The molecule has 0 radical (unpaired) electrons. The third-order valence-electron chi connectivity index (χ3n) is 5.59. The zero-order valence-corrected chi connectivity index (χ0v) is 18.0. The molecule has 0 spiro atoms. The van der Waals surface area contributed by atoms with Crippen LogP contribution in [0, 0.1) is 25.5 Å². The van der Waals surface area contributed by atoms with E-state index in [0.29, 0.717) is 30.4 Å². The number of hydrogen-bond donors (Lipinski definition) is 1. The normalized spacial score (nSPS) is 11.3. The molecule has 3 aromatic heterocycles. The van der Waals surface area contributed by atoms with E-state index in [-0.39, 0.29) is 5.52 Å². The maximum atomic E-state index is 14.5. The van der Waals surface area contributed by atoms with Crippen molar-refractivity contribution in [1.82, 2.24) is 24.7 Å². The van der Waals surface area contributed by atoms with Crippen LogP contribution in [0.25, 0.3) is 33.6 Å². The quantitative estimate of drug-likeness (QED) is 0.388. The molecule has 0 saturated carbocycles. The monoisotopic (exact) mass is 446 g/mol. The first-order valence-corrected chi connectivity index (χ1v) is 10.4. The molecule has 0 bridgehead atoms. The molecule has 0 saturated heterocycles. The lowest BCUT2D eigenvalue weighted by atomic mass is 10.1. The molecule has 0 amide bonds. The van der Waals surface area contributed by atoms with Gasteiger partial charge in [0.05, 0.1) is 11.2 Å². The van der Waals surface area contributed by atoms with Crippen molar-refractivity contribution in [3.8, 4) is 22.7 Å². The highest BCUT2D eigenvalue weighted by atomic mass is 19.2. The predicted molar refractivity (Wildman–Crippen MR) is 121 cm³/mol. The minimum atomic E-state index is -0.835. The summed E-state index contributed by atoms with van der Waals surface area (Å²) < 4.78 is 35.3. The maximum Gasteiger partial charge on any atom is 0.257 e. The Morgan fingerprint density at radius 1 is 0.939 bits per heavy atom. The van der Waals surface area contributed by atoms with Gasteiger partial charge in [0, 0.05) is 41.4 Å². The predicted octanol–water partition coefficient (Wildman–Crippen LogP) is 5.16. The molecule has 7 nitrogen and oxygen atoms in total. The standard InChI is InChI=1S/C24H20F2N6O/c1-14-9-19(25)22(26)23-18(14)10-15(2)32(23)8-7-27-21-11-20(28-12-29-21)16-3-5-17(6-4-16)24-30-13-31-33-24/h3-6,9-13H,7-8H2,1-2H3,(H,27,28,29). The van der Waals surface area contributed by atoms with E-state index in [4.69, 9.17) is 4.52 Å². The number of nitrogens with zero attached hydrogens (tertiary/aromatic N) is 5. The molecule has 5 rings (SSSR count). The van der Waals surface area contributed by atoms with Crippen LogP contribution in [0.4, 0.5) is 14.6 Å². The number of aromatic nitrogens is 5. The lowest BCUT2D eigenvalue weighted by molar-refractivity contribution is 0.430. The third-order valence-corrected chi connectivity index (χ3v) is 5.59. The SMILES string of the molecule is Cc1cc(F)c(F)c2c1cc(C)n2CCNc1cc(-c2ccc(-c3ncno3)cc2)ncn1. The Morgan fingerprint density at radius 2 is 1.73 bits per heavy atom. The van der Waals surface area contributed by atoms with Crippen LogP contribution in [0.5, 0.6) is 0 Å². The molecular formula is C24H20F2N6O. The number of anilines is 1. The molecule has 166 valence electrons. The van der Waals surface area contributed by atoms with Gasteiger partial charge in [-0.05, 0) is 43.7 Å². The number of rotatable bonds is 6. The molecule has 0 atom stereocenters. The van der Waals surface area contributed by atoms with Crippen LogP contribution in [0.2, 0.25) is 0 Å². The summed E-state index contributed by atoms with van der Waals surface area (Å²) >= 11 is 0.